The van der Waals surface area contributed by atoms with Crippen LogP contribution in [0.3, 0.4) is 0 Å². The first kappa shape index (κ1) is 25.4. The van der Waals surface area contributed by atoms with Crippen LogP contribution in [-0.4, -0.2) is 76.1 Å². The second kappa shape index (κ2) is 15.0. The van der Waals surface area contributed by atoms with Gasteiger partial charge in [0.2, 0.25) is 0 Å². The molecule has 8 heteroatoms. The van der Waals surface area contributed by atoms with Crippen molar-refractivity contribution in [3.63, 3.8) is 0 Å². The summed E-state index contributed by atoms with van der Waals surface area (Å²) in [6, 6.07) is 4.42. The highest BCUT2D eigenvalue weighted by Gasteiger charge is 2.24. The number of nitrogens with zero attached hydrogens (tertiary/aromatic N) is 2. The highest BCUT2D eigenvalue weighted by Crippen LogP contribution is 2.17. The summed E-state index contributed by atoms with van der Waals surface area (Å²) in [5.41, 5.74) is 0. The Hall–Kier alpha value is -0.840. The standard InChI is InChI=1S/C22H38N4O3.HI/c1-2-27-14-4-10-23-22(24-11-6-21-5-3-15-29-21)25-20-7-12-26(13-8-20)17-19-9-16-28-18-19;/h3,5,15,19-20H,2,4,6-14,16-18H2,1H3,(H2,23,24,25);1H. The minimum Gasteiger partial charge on any atom is -0.469 e. The van der Waals surface area contributed by atoms with Crippen molar-refractivity contribution < 1.29 is 13.9 Å². The molecule has 1 unspecified atom stereocenters. The van der Waals surface area contributed by atoms with Crippen molar-refractivity contribution in [1.82, 2.24) is 15.5 Å². The van der Waals surface area contributed by atoms with Crippen LogP contribution < -0.4 is 10.6 Å². The van der Waals surface area contributed by atoms with Crippen molar-refractivity contribution in [3.8, 4) is 0 Å². The van der Waals surface area contributed by atoms with E-state index in [-0.39, 0.29) is 24.0 Å². The Morgan fingerprint density at radius 1 is 1.30 bits per heavy atom. The zero-order valence-electron chi connectivity index (χ0n) is 18.3. The summed E-state index contributed by atoms with van der Waals surface area (Å²) in [7, 11) is 0. The molecule has 2 saturated heterocycles. The van der Waals surface area contributed by atoms with Gasteiger partial charge in [0.1, 0.15) is 5.76 Å². The quantitative estimate of drug-likeness (QED) is 0.197. The second-order valence-electron chi connectivity index (χ2n) is 7.99. The lowest BCUT2D eigenvalue weighted by Gasteiger charge is -2.34. The molecule has 2 aliphatic heterocycles. The maximum absolute atomic E-state index is 5.52. The Morgan fingerprint density at radius 2 is 2.17 bits per heavy atom. The third-order valence-corrected chi connectivity index (χ3v) is 5.63. The molecule has 3 heterocycles. The van der Waals surface area contributed by atoms with Gasteiger partial charge in [-0.3, -0.25) is 4.99 Å². The number of rotatable bonds is 11. The van der Waals surface area contributed by atoms with Crippen LogP contribution >= 0.6 is 24.0 Å². The Labute approximate surface area is 198 Å². The Morgan fingerprint density at radius 3 is 2.87 bits per heavy atom. The molecule has 172 valence electrons. The number of likely N-dealkylation sites (tertiary alicyclic amines) is 1. The summed E-state index contributed by atoms with van der Waals surface area (Å²) >= 11 is 0. The van der Waals surface area contributed by atoms with Crippen LogP contribution in [0.15, 0.2) is 27.8 Å². The molecule has 0 radical (unpaired) electrons. The van der Waals surface area contributed by atoms with E-state index in [4.69, 9.17) is 18.9 Å². The van der Waals surface area contributed by atoms with Crippen LogP contribution in [0.5, 0.6) is 0 Å². The van der Waals surface area contributed by atoms with Crippen molar-refractivity contribution in [3.05, 3.63) is 24.2 Å². The van der Waals surface area contributed by atoms with E-state index in [2.05, 4.69) is 15.5 Å². The third kappa shape index (κ3) is 9.53. The molecule has 0 spiro atoms. The fourth-order valence-electron chi connectivity index (χ4n) is 3.96. The summed E-state index contributed by atoms with van der Waals surface area (Å²) in [5.74, 6) is 2.64. The van der Waals surface area contributed by atoms with Gasteiger partial charge < -0.3 is 29.4 Å². The zero-order valence-corrected chi connectivity index (χ0v) is 20.6. The van der Waals surface area contributed by atoms with Gasteiger partial charge in [0.15, 0.2) is 5.96 Å². The van der Waals surface area contributed by atoms with Crippen molar-refractivity contribution >= 4 is 29.9 Å². The monoisotopic (exact) mass is 534 g/mol. The van der Waals surface area contributed by atoms with E-state index in [9.17, 15) is 0 Å². The summed E-state index contributed by atoms with van der Waals surface area (Å²) in [6.45, 7) is 10.5. The number of piperidine rings is 1. The van der Waals surface area contributed by atoms with Crippen LogP contribution in [0, 0.1) is 5.92 Å². The van der Waals surface area contributed by atoms with Gasteiger partial charge in [0.25, 0.3) is 0 Å². The van der Waals surface area contributed by atoms with E-state index in [0.717, 1.165) is 95.9 Å². The minimum atomic E-state index is 0. The summed E-state index contributed by atoms with van der Waals surface area (Å²) < 4.78 is 16.4. The molecule has 2 N–H and O–H groups in total. The number of furan rings is 1. The SMILES string of the molecule is CCOCCCN=C(NCCc1ccco1)NC1CCN(CC2CCOC2)CC1.I. The summed E-state index contributed by atoms with van der Waals surface area (Å²) in [5, 5.41) is 7.13. The van der Waals surface area contributed by atoms with E-state index >= 15 is 0 Å². The van der Waals surface area contributed by atoms with E-state index in [1.54, 1.807) is 6.26 Å². The maximum atomic E-state index is 5.52. The molecule has 2 fully saturated rings. The first-order chi connectivity index (χ1) is 14.3. The normalized spacial score (nSPS) is 20.8. The molecule has 0 amide bonds. The van der Waals surface area contributed by atoms with E-state index in [1.807, 2.05) is 19.1 Å². The number of aliphatic imine (C=N–C) groups is 1. The van der Waals surface area contributed by atoms with Gasteiger partial charge >= 0.3 is 0 Å². The first-order valence-corrected chi connectivity index (χ1v) is 11.3. The molecule has 2 aliphatic rings. The predicted octanol–water partition coefficient (Wildman–Crippen LogP) is 2.90. The molecular weight excluding hydrogens is 495 g/mol. The fraction of sp³-hybridized carbons (Fsp3) is 0.773. The highest BCUT2D eigenvalue weighted by atomic mass is 127. The fourth-order valence-corrected chi connectivity index (χ4v) is 3.96. The van der Waals surface area contributed by atoms with Crippen LogP contribution in [0.1, 0.15) is 38.4 Å². The van der Waals surface area contributed by atoms with Gasteiger partial charge in [0, 0.05) is 65.0 Å². The molecule has 1 aromatic heterocycles. The Balaban J connectivity index is 0.00000320. The zero-order chi connectivity index (χ0) is 20.2. The Kier molecular flexibility index (Phi) is 12.7. The largest absolute Gasteiger partial charge is 0.469 e. The van der Waals surface area contributed by atoms with Gasteiger partial charge in [-0.25, -0.2) is 0 Å². The smallest absolute Gasteiger partial charge is 0.191 e. The lowest BCUT2D eigenvalue weighted by Crippen LogP contribution is -2.49. The van der Waals surface area contributed by atoms with Crippen LogP contribution in [-0.2, 0) is 15.9 Å². The number of guanidine groups is 1. The number of hydrogen-bond acceptors (Lipinski definition) is 5. The lowest BCUT2D eigenvalue weighted by molar-refractivity contribution is 0.146. The molecule has 0 aromatic carbocycles. The number of nitrogens with one attached hydrogen (secondary N) is 2. The molecule has 7 nitrogen and oxygen atoms in total. The maximum Gasteiger partial charge on any atom is 0.191 e. The van der Waals surface area contributed by atoms with Gasteiger partial charge in [-0.1, -0.05) is 0 Å². The molecule has 1 aromatic rings. The van der Waals surface area contributed by atoms with Crippen LogP contribution in [0.2, 0.25) is 0 Å². The third-order valence-electron chi connectivity index (χ3n) is 5.63. The van der Waals surface area contributed by atoms with Gasteiger partial charge in [-0.05, 0) is 50.7 Å². The molecule has 3 rings (SSSR count). The molecular formula is C22H39IN4O3. The molecule has 0 aliphatic carbocycles. The van der Waals surface area contributed by atoms with E-state index in [1.165, 1.54) is 13.0 Å². The van der Waals surface area contributed by atoms with E-state index in [0.29, 0.717) is 6.04 Å². The Bertz CT molecular complexity index is 571. The molecule has 0 bridgehead atoms. The molecule has 30 heavy (non-hydrogen) atoms. The lowest BCUT2D eigenvalue weighted by atomic mass is 10.0. The number of hydrogen-bond donors (Lipinski definition) is 2. The van der Waals surface area contributed by atoms with E-state index < -0.39 is 0 Å². The molecule has 0 saturated carbocycles. The van der Waals surface area contributed by atoms with Gasteiger partial charge in [-0.15, -0.1) is 24.0 Å². The molecule has 1 atom stereocenters. The summed E-state index contributed by atoms with van der Waals surface area (Å²) in [4.78, 5) is 7.36. The summed E-state index contributed by atoms with van der Waals surface area (Å²) in [6.07, 6.45) is 7.06. The van der Waals surface area contributed by atoms with Crippen molar-refractivity contribution in [2.24, 2.45) is 10.9 Å². The number of ether oxygens (including phenoxy) is 2. The topological polar surface area (TPSA) is 71.3 Å². The van der Waals surface area contributed by atoms with Gasteiger partial charge in [0.05, 0.1) is 12.9 Å². The van der Waals surface area contributed by atoms with Gasteiger partial charge in [-0.2, -0.15) is 0 Å². The minimum absolute atomic E-state index is 0. The predicted molar refractivity (Wildman–Crippen MR) is 131 cm³/mol. The first-order valence-electron chi connectivity index (χ1n) is 11.3. The van der Waals surface area contributed by atoms with Crippen molar-refractivity contribution in [1.29, 1.82) is 0 Å². The highest BCUT2D eigenvalue weighted by molar-refractivity contribution is 14.0. The van der Waals surface area contributed by atoms with Crippen molar-refractivity contribution in [2.75, 3.05) is 59.2 Å². The second-order valence-corrected chi connectivity index (χ2v) is 7.99. The number of halogens is 1. The van der Waals surface area contributed by atoms with Crippen LogP contribution in [0.4, 0.5) is 0 Å². The average Bonchev–Trinajstić information content (AvgIpc) is 3.43. The van der Waals surface area contributed by atoms with Crippen molar-refractivity contribution in [2.45, 2.75) is 45.1 Å². The average molecular weight is 534 g/mol. The van der Waals surface area contributed by atoms with Crippen LogP contribution in [0.25, 0.3) is 0 Å².